The van der Waals surface area contributed by atoms with Crippen LogP contribution in [-0.4, -0.2) is 32.7 Å². The molecule has 1 N–H and O–H groups in total. The first-order chi connectivity index (χ1) is 12.5. The summed E-state index contributed by atoms with van der Waals surface area (Å²) in [4.78, 5) is 24.5. The topological polar surface area (TPSA) is 57.6 Å². The molecular formula is C20H15NO3S2. The highest BCUT2D eigenvalue weighted by atomic mass is 32.2. The number of amides is 1. The van der Waals surface area contributed by atoms with Crippen LogP contribution < -0.4 is 0 Å². The van der Waals surface area contributed by atoms with Gasteiger partial charge in [0.25, 0.3) is 5.91 Å². The number of aliphatic carboxylic acids is 1. The molecule has 4 nitrogen and oxygen atoms in total. The van der Waals surface area contributed by atoms with E-state index in [1.165, 1.54) is 0 Å². The lowest BCUT2D eigenvalue weighted by Crippen LogP contribution is -2.33. The molecule has 1 saturated heterocycles. The molecule has 1 aliphatic heterocycles. The Balaban J connectivity index is 1.69. The Labute approximate surface area is 160 Å². The summed E-state index contributed by atoms with van der Waals surface area (Å²) in [6, 6.07) is 18.2. The van der Waals surface area contributed by atoms with Gasteiger partial charge in [-0.05, 0) is 22.8 Å². The van der Waals surface area contributed by atoms with Crippen LogP contribution >= 0.6 is 24.0 Å². The lowest BCUT2D eigenvalue weighted by atomic mass is 10.0. The van der Waals surface area contributed by atoms with Crippen LogP contribution in [0, 0.1) is 0 Å². The fourth-order valence-electron chi connectivity index (χ4n) is 2.45. The molecule has 3 rings (SSSR count). The van der Waals surface area contributed by atoms with Gasteiger partial charge >= 0.3 is 5.97 Å². The fraction of sp³-hybridized carbons (Fsp3) is 0.0500. The maximum atomic E-state index is 12.1. The monoisotopic (exact) mass is 381 g/mol. The van der Waals surface area contributed by atoms with Gasteiger partial charge in [0.05, 0.1) is 4.91 Å². The van der Waals surface area contributed by atoms with E-state index in [1.54, 1.807) is 12.2 Å². The average Bonchev–Trinajstić information content (AvgIpc) is 2.90. The molecule has 2 aromatic rings. The summed E-state index contributed by atoms with van der Waals surface area (Å²) in [5.41, 5.74) is 3.30. The highest BCUT2D eigenvalue weighted by Crippen LogP contribution is 2.30. The summed E-state index contributed by atoms with van der Waals surface area (Å²) < 4.78 is 0.268. The van der Waals surface area contributed by atoms with E-state index in [2.05, 4.69) is 12.1 Å². The molecule has 1 aliphatic rings. The Morgan fingerprint density at radius 1 is 1.08 bits per heavy atom. The van der Waals surface area contributed by atoms with E-state index in [0.29, 0.717) is 4.91 Å². The van der Waals surface area contributed by atoms with Crippen molar-refractivity contribution in [1.29, 1.82) is 0 Å². The third-order valence-corrected chi connectivity index (χ3v) is 5.12. The van der Waals surface area contributed by atoms with Crippen molar-refractivity contribution < 1.29 is 14.7 Å². The van der Waals surface area contributed by atoms with Crippen LogP contribution in [0.1, 0.15) is 5.56 Å². The smallest absolute Gasteiger partial charge is 0.323 e. The van der Waals surface area contributed by atoms with Crippen molar-refractivity contribution >= 4 is 46.3 Å². The zero-order valence-electron chi connectivity index (χ0n) is 13.7. The van der Waals surface area contributed by atoms with Crippen LogP contribution in [0.4, 0.5) is 0 Å². The molecule has 1 amide bonds. The predicted molar refractivity (Wildman–Crippen MR) is 109 cm³/mol. The van der Waals surface area contributed by atoms with Crippen LogP contribution in [0.3, 0.4) is 0 Å². The molecular weight excluding hydrogens is 366 g/mol. The summed E-state index contributed by atoms with van der Waals surface area (Å²) >= 11 is 6.17. The largest absolute Gasteiger partial charge is 0.480 e. The van der Waals surface area contributed by atoms with E-state index in [9.17, 15) is 9.59 Å². The average molecular weight is 381 g/mol. The number of hydrogen-bond acceptors (Lipinski definition) is 4. The highest BCUT2D eigenvalue weighted by molar-refractivity contribution is 8.26. The van der Waals surface area contributed by atoms with E-state index in [1.807, 2.05) is 48.5 Å². The maximum absolute atomic E-state index is 12.1. The Hall–Kier alpha value is -2.70. The van der Waals surface area contributed by atoms with Crippen LogP contribution in [0.2, 0.25) is 0 Å². The minimum atomic E-state index is -1.09. The Bertz CT molecular complexity index is 902. The normalized spacial score (nSPS) is 16.0. The molecule has 1 fully saturated rings. The Morgan fingerprint density at radius 2 is 1.73 bits per heavy atom. The number of thioether (sulfide) groups is 1. The number of carboxylic acids is 1. The van der Waals surface area contributed by atoms with Gasteiger partial charge in [0.2, 0.25) is 0 Å². The van der Waals surface area contributed by atoms with Crippen molar-refractivity contribution in [1.82, 2.24) is 4.90 Å². The molecule has 130 valence electrons. The van der Waals surface area contributed by atoms with E-state index in [0.717, 1.165) is 33.4 Å². The first-order valence-electron chi connectivity index (χ1n) is 7.84. The molecule has 0 atom stereocenters. The number of carboxylic acid groups (broad SMARTS) is 1. The summed E-state index contributed by atoms with van der Waals surface area (Å²) in [7, 11) is 0. The molecule has 0 aliphatic carbocycles. The molecule has 0 spiro atoms. The zero-order valence-corrected chi connectivity index (χ0v) is 15.3. The number of rotatable bonds is 5. The fourth-order valence-corrected chi connectivity index (χ4v) is 3.66. The Morgan fingerprint density at radius 3 is 2.38 bits per heavy atom. The van der Waals surface area contributed by atoms with Gasteiger partial charge in [-0.3, -0.25) is 14.5 Å². The molecule has 1 heterocycles. The summed E-state index contributed by atoms with van der Waals surface area (Å²) in [5.74, 6) is -1.46. The molecule has 6 heteroatoms. The zero-order chi connectivity index (χ0) is 18.5. The van der Waals surface area contributed by atoms with Gasteiger partial charge in [-0.2, -0.15) is 0 Å². The van der Waals surface area contributed by atoms with Gasteiger partial charge < -0.3 is 5.11 Å². The van der Waals surface area contributed by atoms with Gasteiger partial charge in [0, 0.05) is 0 Å². The third kappa shape index (κ3) is 4.28. The molecule has 0 aromatic heterocycles. The highest BCUT2D eigenvalue weighted by Gasteiger charge is 2.32. The summed E-state index contributed by atoms with van der Waals surface area (Å²) in [5, 5.41) is 8.83. The van der Waals surface area contributed by atoms with Crippen molar-refractivity contribution in [3.8, 4) is 11.1 Å². The summed E-state index contributed by atoms with van der Waals surface area (Å²) in [6.07, 6.45) is 5.31. The molecule has 0 saturated carbocycles. The second-order valence-electron chi connectivity index (χ2n) is 5.53. The molecule has 0 radical (unpaired) electrons. The second kappa shape index (κ2) is 8.12. The van der Waals surface area contributed by atoms with Gasteiger partial charge in [0.15, 0.2) is 0 Å². The molecule has 26 heavy (non-hydrogen) atoms. The summed E-state index contributed by atoms with van der Waals surface area (Å²) in [6.45, 7) is -0.410. The molecule has 2 aromatic carbocycles. The van der Waals surface area contributed by atoms with Crippen LogP contribution in [0.5, 0.6) is 0 Å². The maximum Gasteiger partial charge on any atom is 0.323 e. The van der Waals surface area contributed by atoms with Crippen molar-refractivity contribution in [3.05, 3.63) is 77.2 Å². The minimum Gasteiger partial charge on any atom is -0.480 e. The number of carbonyl (C=O) groups is 2. The van der Waals surface area contributed by atoms with Gasteiger partial charge in [-0.25, -0.2) is 0 Å². The van der Waals surface area contributed by atoms with Crippen LogP contribution in [0.15, 0.2) is 71.7 Å². The number of thiocarbonyl (C=S) groups is 1. The molecule has 0 unspecified atom stereocenters. The quantitative estimate of drug-likeness (QED) is 0.621. The van der Waals surface area contributed by atoms with Crippen molar-refractivity contribution in [3.63, 3.8) is 0 Å². The van der Waals surface area contributed by atoms with Crippen molar-refractivity contribution in [2.75, 3.05) is 6.54 Å². The minimum absolute atomic E-state index is 0.268. The van der Waals surface area contributed by atoms with Gasteiger partial charge in [-0.1, -0.05) is 90.7 Å². The van der Waals surface area contributed by atoms with Crippen molar-refractivity contribution in [2.45, 2.75) is 0 Å². The standard InChI is InChI=1S/C20H15NO3S2/c22-18(23)13-21-19(24)17(26-20(21)25)8-4-5-14-9-11-16(12-10-14)15-6-2-1-3-7-15/h1-12H,13H2,(H,22,23). The first kappa shape index (κ1) is 18.1. The van der Waals surface area contributed by atoms with E-state index < -0.39 is 12.5 Å². The number of hydrogen-bond donors (Lipinski definition) is 1. The Kier molecular flexibility index (Phi) is 5.65. The number of nitrogens with zero attached hydrogens (tertiary/aromatic N) is 1. The lowest BCUT2D eigenvalue weighted by molar-refractivity contribution is -0.140. The SMILES string of the molecule is O=C(O)CN1C(=O)C(=CC=Cc2ccc(-c3ccccc3)cc2)SC1=S. The van der Waals surface area contributed by atoms with Crippen LogP contribution in [-0.2, 0) is 9.59 Å². The van der Waals surface area contributed by atoms with Gasteiger partial charge in [0.1, 0.15) is 10.9 Å². The predicted octanol–water partition coefficient (Wildman–Crippen LogP) is 4.20. The van der Waals surface area contributed by atoms with E-state index >= 15 is 0 Å². The van der Waals surface area contributed by atoms with Crippen molar-refractivity contribution in [2.24, 2.45) is 0 Å². The van der Waals surface area contributed by atoms with E-state index in [-0.39, 0.29) is 10.2 Å². The number of carbonyl (C=O) groups excluding carboxylic acids is 1. The lowest BCUT2D eigenvalue weighted by Gasteiger charge is -2.09. The third-order valence-electron chi connectivity index (χ3n) is 3.72. The number of allylic oxidation sites excluding steroid dienone is 2. The van der Waals surface area contributed by atoms with E-state index in [4.69, 9.17) is 17.3 Å². The van der Waals surface area contributed by atoms with Crippen LogP contribution in [0.25, 0.3) is 17.2 Å². The molecule has 0 bridgehead atoms. The number of benzene rings is 2. The second-order valence-corrected chi connectivity index (χ2v) is 7.21. The first-order valence-corrected chi connectivity index (χ1v) is 9.06. The van der Waals surface area contributed by atoms with Gasteiger partial charge in [-0.15, -0.1) is 0 Å².